The molecule has 1 rings (SSSR count). The van der Waals surface area contributed by atoms with Crippen molar-refractivity contribution in [2.24, 2.45) is 5.92 Å². The van der Waals surface area contributed by atoms with Gasteiger partial charge < -0.3 is 5.32 Å². The zero-order valence-corrected chi connectivity index (χ0v) is 7.39. The molecular formula is C9H17NO. The highest BCUT2D eigenvalue weighted by molar-refractivity contribution is 5.78. The quantitative estimate of drug-likeness (QED) is 0.660. The van der Waals surface area contributed by atoms with Crippen LogP contribution in [0.25, 0.3) is 0 Å². The molecule has 1 amide bonds. The summed E-state index contributed by atoms with van der Waals surface area (Å²) in [5.74, 6) is 0.785. The third-order valence-corrected chi connectivity index (χ3v) is 2.41. The number of rotatable bonds is 3. The van der Waals surface area contributed by atoms with Gasteiger partial charge in [-0.2, -0.15) is 0 Å². The van der Waals surface area contributed by atoms with Gasteiger partial charge in [0.25, 0.3) is 0 Å². The van der Waals surface area contributed by atoms with E-state index < -0.39 is 0 Å². The van der Waals surface area contributed by atoms with Crippen molar-refractivity contribution < 1.29 is 4.79 Å². The van der Waals surface area contributed by atoms with Gasteiger partial charge in [0.1, 0.15) is 0 Å². The molecule has 0 aromatic heterocycles. The van der Waals surface area contributed by atoms with Crippen LogP contribution >= 0.6 is 0 Å². The minimum atomic E-state index is 0.235. The molecule has 0 saturated carbocycles. The normalized spacial score (nSPS) is 30.5. The van der Waals surface area contributed by atoms with Crippen LogP contribution in [0.5, 0.6) is 0 Å². The summed E-state index contributed by atoms with van der Waals surface area (Å²) in [4.78, 5) is 10.9. The third-order valence-electron chi connectivity index (χ3n) is 2.41. The zero-order chi connectivity index (χ0) is 8.27. The molecule has 1 aliphatic rings. The summed E-state index contributed by atoms with van der Waals surface area (Å²) < 4.78 is 0. The molecule has 11 heavy (non-hydrogen) atoms. The van der Waals surface area contributed by atoms with E-state index in [0.29, 0.717) is 12.0 Å². The standard InChI is InChI=1S/C9H17NO/c1-3-4-5-8-7(2)6-9(11)10-8/h7-8H,3-6H2,1-2H3,(H,10,11)/t7-,8+/m0/s1. The molecule has 1 aliphatic heterocycles. The summed E-state index contributed by atoms with van der Waals surface area (Å²) in [5, 5.41) is 3.00. The van der Waals surface area contributed by atoms with Crippen LogP contribution in [0, 0.1) is 5.92 Å². The van der Waals surface area contributed by atoms with Gasteiger partial charge in [0.2, 0.25) is 5.91 Å². The fourth-order valence-electron chi connectivity index (χ4n) is 1.62. The summed E-state index contributed by atoms with van der Waals surface area (Å²) >= 11 is 0. The molecule has 2 nitrogen and oxygen atoms in total. The number of nitrogens with one attached hydrogen (secondary N) is 1. The van der Waals surface area contributed by atoms with E-state index in [-0.39, 0.29) is 5.91 Å². The van der Waals surface area contributed by atoms with Crippen LogP contribution < -0.4 is 5.32 Å². The molecule has 64 valence electrons. The number of carbonyl (C=O) groups excluding carboxylic acids is 1. The van der Waals surface area contributed by atoms with Gasteiger partial charge in [-0.1, -0.05) is 26.7 Å². The number of hydrogen-bond acceptors (Lipinski definition) is 1. The Kier molecular flexibility index (Phi) is 2.92. The van der Waals surface area contributed by atoms with Crippen LogP contribution in [-0.2, 0) is 4.79 Å². The molecule has 0 aromatic rings. The van der Waals surface area contributed by atoms with Gasteiger partial charge in [0, 0.05) is 12.5 Å². The van der Waals surface area contributed by atoms with E-state index >= 15 is 0 Å². The lowest BCUT2D eigenvalue weighted by Gasteiger charge is -2.13. The Morgan fingerprint density at radius 3 is 2.82 bits per heavy atom. The Labute approximate surface area is 68.4 Å². The van der Waals surface area contributed by atoms with Crippen molar-refractivity contribution in [3.63, 3.8) is 0 Å². The molecule has 2 heteroatoms. The van der Waals surface area contributed by atoms with Crippen LogP contribution in [0.2, 0.25) is 0 Å². The highest BCUT2D eigenvalue weighted by Crippen LogP contribution is 2.19. The molecule has 0 bridgehead atoms. The molecule has 0 aromatic carbocycles. The second-order valence-corrected chi connectivity index (χ2v) is 3.50. The fourth-order valence-corrected chi connectivity index (χ4v) is 1.62. The predicted molar refractivity (Wildman–Crippen MR) is 45.2 cm³/mol. The van der Waals surface area contributed by atoms with Gasteiger partial charge >= 0.3 is 0 Å². The lowest BCUT2D eigenvalue weighted by Crippen LogP contribution is -2.27. The van der Waals surface area contributed by atoms with Gasteiger partial charge in [-0.05, 0) is 12.3 Å². The first-order valence-corrected chi connectivity index (χ1v) is 4.53. The van der Waals surface area contributed by atoms with Crippen LogP contribution in [0.1, 0.15) is 39.5 Å². The summed E-state index contributed by atoms with van der Waals surface area (Å²) in [5.41, 5.74) is 0. The van der Waals surface area contributed by atoms with Crippen LogP contribution in [-0.4, -0.2) is 11.9 Å². The first-order chi connectivity index (χ1) is 5.24. The average Bonchev–Trinajstić information content (AvgIpc) is 2.26. The number of unbranched alkanes of at least 4 members (excludes halogenated alkanes) is 1. The number of hydrogen-bond donors (Lipinski definition) is 1. The topological polar surface area (TPSA) is 29.1 Å². The molecule has 0 aliphatic carbocycles. The van der Waals surface area contributed by atoms with E-state index in [1.54, 1.807) is 0 Å². The third kappa shape index (κ3) is 2.21. The summed E-state index contributed by atoms with van der Waals surface area (Å²) in [6, 6.07) is 0.461. The number of carbonyl (C=O) groups is 1. The van der Waals surface area contributed by atoms with E-state index in [2.05, 4.69) is 19.2 Å². The Morgan fingerprint density at radius 2 is 2.36 bits per heavy atom. The van der Waals surface area contributed by atoms with Crippen molar-refractivity contribution in [3.8, 4) is 0 Å². The lowest BCUT2D eigenvalue weighted by atomic mass is 9.98. The minimum Gasteiger partial charge on any atom is -0.353 e. The smallest absolute Gasteiger partial charge is 0.220 e. The van der Waals surface area contributed by atoms with Crippen molar-refractivity contribution in [2.75, 3.05) is 0 Å². The Balaban J connectivity index is 2.28. The highest BCUT2D eigenvalue weighted by Gasteiger charge is 2.27. The molecule has 2 atom stereocenters. The van der Waals surface area contributed by atoms with Crippen molar-refractivity contribution >= 4 is 5.91 Å². The molecule has 1 saturated heterocycles. The SMILES string of the molecule is CCCC[C@H]1NC(=O)C[C@@H]1C. The molecule has 1 fully saturated rings. The van der Waals surface area contributed by atoms with Crippen LogP contribution in [0.15, 0.2) is 0 Å². The van der Waals surface area contributed by atoms with E-state index in [1.807, 2.05) is 0 Å². The monoisotopic (exact) mass is 155 g/mol. The lowest BCUT2D eigenvalue weighted by molar-refractivity contribution is -0.119. The van der Waals surface area contributed by atoms with Crippen molar-refractivity contribution in [1.29, 1.82) is 0 Å². The van der Waals surface area contributed by atoms with E-state index in [4.69, 9.17) is 0 Å². The predicted octanol–water partition coefficient (Wildman–Crippen LogP) is 1.70. The molecule has 1 N–H and O–H groups in total. The van der Waals surface area contributed by atoms with Crippen molar-refractivity contribution in [2.45, 2.75) is 45.6 Å². The maximum Gasteiger partial charge on any atom is 0.220 e. The highest BCUT2D eigenvalue weighted by atomic mass is 16.1. The number of amides is 1. The van der Waals surface area contributed by atoms with Gasteiger partial charge in [0.15, 0.2) is 0 Å². The first kappa shape index (κ1) is 8.57. The molecular weight excluding hydrogens is 138 g/mol. The molecule has 0 radical (unpaired) electrons. The van der Waals surface area contributed by atoms with Gasteiger partial charge in [-0.3, -0.25) is 4.79 Å². The van der Waals surface area contributed by atoms with E-state index in [1.165, 1.54) is 12.8 Å². The van der Waals surface area contributed by atoms with Crippen LogP contribution in [0.4, 0.5) is 0 Å². The largest absolute Gasteiger partial charge is 0.353 e. The van der Waals surface area contributed by atoms with Crippen molar-refractivity contribution in [3.05, 3.63) is 0 Å². The summed E-state index contributed by atoms with van der Waals surface area (Å²) in [6.07, 6.45) is 4.34. The van der Waals surface area contributed by atoms with Gasteiger partial charge in [0.05, 0.1) is 0 Å². The van der Waals surface area contributed by atoms with Crippen LogP contribution in [0.3, 0.4) is 0 Å². The molecule has 1 heterocycles. The Morgan fingerprint density at radius 1 is 1.64 bits per heavy atom. The minimum absolute atomic E-state index is 0.235. The Bertz CT molecular complexity index is 144. The average molecular weight is 155 g/mol. The second-order valence-electron chi connectivity index (χ2n) is 3.50. The Hall–Kier alpha value is -0.530. The van der Waals surface area contributed by atoms with E-state index in [9.17, 15) is 4.79 Å². The van der Waals surface area contributed by atoms with Gasteiger partial charge in [-0.25, -0.2) is 0 Å². The first-order valence-electron chi connectivity index (χ1n) is 4.53. The summed E-state index contributed by atoms with van der Waals surface area (Å²) in [7, 11) is 0. The van der Waals surface area contributed by atoms with E-state index in [0.717, 1.165) is 12.8 Å². The summed E-state index contributed by atoms with van der Waals surface area (Å²) in [6.45, 7) is 4.33. The molecule has 0 spiro atoms. The molecule has 0 unspecified atom stereocenters. The zero-order valence-electron chi connectivity index (χ0n) is 7.39. The fraction of sp³-hybridized carbons (Fsp3) is 0.889. The van der Waals surface area contributed by atoms with Crippen molar-refractivity contribution in [1.82, 2.24) is 5.32 Å². The maximum atomic E-state index is 10.9. The maximum absolute atomic E-state index is 10.9. The van der Waals surface area contributed by atoms with Gasteiger partial charge in [-0.15, -0.1) is 0 Å². The second kappa shape index (κ2) is 3.74.